The van der Waals surface area contributed by atoms with Gasteiger partial charge in [-0.05, 0) is 11.6 Å². The van der Waals surface area contributed by atoms with Crippen LogP contribution in [0.3, 0.4) is 0 Å². The summed E-state index contributed by atoms with van der Waals surface area (Å²) in [6.07, 6.45) is 1.53. The molecule has 67 valence electrons. The molecule has 0 fully saturated rings. The van der Waals surface area contributed by atoms with E-state index in [1.165, 1.54) is 6.41 Å². The lowest BCUT2D eigenvalue weighted by molar-refractivity contribution is 0.0999. The Balaban J connectivity index is 2.90. The highest BCUT2D eigenvalue weighted by Gasteiger charge is 2.05. The number of nitrogens with one attached hydrogen (secondary N) is 1. The predicted octanol–water partition coefficient (Wildman–Crippen LogP) is -0.0577. The zero-order valence-electron chi connectivity index (χ0n) is 6.91. The molecule has 0 aromatic heterocycles. The van der Waals surface area contributed by atoms with Gasteiger partial charge in [0.25, 0.3) is 0 Å². The van der Waals surface area contributed by atoms with E-state index in [0.29, 0.717) is 11.1 Å². The number of rotatable bonds is 4. The first-order valence-corrected chi connectivity index (χ1v) is 3.73. The second-order valence-corrected chi connectivity index (χ2v) is 2.48. The van der Waals surface area contributed by atoms with Crippen molar-refractivity contribution in [3.05, 3.63) is 35.4 Å². The van der Waals surface area contributed by atoms with Crippen LogP contribution < -0.4 is 11.1 Å². The first-order chi connectivity index (χ1) is 6.25. The fourth-order valence-electron chi connectivity index (χ4n) is 1.05. The summed E-state index contributed by atoms with van der Waals surface area (Å²) in [7, 11) is 0. The average Bonchev–Trinajstić information content (AvgIpc) is 2.15. The van der Waals surface area contributed by atoms with E-state index in [9.17, 15) is 9.59 Å². The zero-order chi connectivity index (χ0) is 9.68. The maximum Gasteiger partial charge on any atom is 0.309 e. The molecule has 0 atom stereocenters. The quantitative estimate of drug-likeness (QED) is 0.632. The van der Waals surface area contributed by atoms with Gasteiger partial charge in [0.15, 0.2) is 0 Å². The first kappa shape index (κ1) is 9.25. The van der Waals surface area contributed by atoms with Crippen LogP contribution in [-0.4, -0.2) is 12.3 Å². The Morgan fingerprint density at radius 2 is 2.15 bits per heavy atom. The molecule has 0 aliphatic rings. The topological polar surface area (TPSA) is 72.2 Å². The lowest BCUT2D eigenvalue weighted by atomic mass is 10.1. The summed E-state index contributed by atoms with van der Waals surface area (Å²) in [6, 6.07) is 6.83. The van der Waals surface area contributed by atoms with Gasteiger partial charge in [0.1, 0.15) is 0 Å². The predicted molar refractivity (Wildman–Crippen MR) is 47.5 cm³/mol. The van der Waals surface area contributed by atoms with E-state index in [2.05, 4.69) is 5.32 Å². The smallest absolute Gasteiger partial charge is 0.309 e. The number of benzene rings is 1. The molecule has 13 heavy (non-hydrogen) atoms. The van der Waals surface area contributed by atoms with Gasteiger partial charge in [-0.2, -0.15) is 0 Å². The van der Waals surface area contributed by atoms with Crippen LogP contribution in [0.2, 0.25) is 0 Å². The molecule has 0 heterocycles. The Bertz CT molecular complexity index is 323. The minimum Gasteiger partial charge on any atom is -0.366 e. The zero-order valence-corrected chi connectivity index (χ0v) is 6.91. The van der Waals surface area contributed by atoms with Gasteiger partial charge in [0.05, 0.1) is 0 Å². The van der Waals surface area contributed by atoms with Crippen LogP contribution in [-0.2, 0) is 11.3 Å². The molecule has 0 saturated heterocycles. The van der Waals surface area contributed by atoms with Gasteiger partial charge in [-0.3, -0.25) is 9.59 Å². The van der Waals surface area contributed by atoms with Crippen LogP contribution in [0.1, 0.15) is 15.9 Å². The first-order valence-electron chi connectivity index (χ1n) is 3.73. The molecule has 1 rings (SSSR count). The molecule has 1 aromatic rings. The number of carbonyl (C=O) groups is 1. The van der Waals surface area contributed by atoms with E-state index in [1.54, 1.807) is 24.3 Å². The third-order valence-electron chi connectivity index (χ3n) is 1.63. The number of primary amides is 1. The fourth-order valence-corrected chi connectivity index (χ4v) is 1.05. The highest BCUT2D eigenvalue weighted by Crippen LogP contribution is 2.06. The Labute approximate surface area is 75.7 Å². The SMILES string of the molecule is NC(=O)c1ccccc1CN[C]=O. The highest BCUT2D eigenvalue weighted by molar-refractivity contribution is 5.94. The highest BCUT2D eigenvalue weighted by atomic mass is 16.1. The third-order valence-corrected chi connectivity index (χ3v) is 1.63. The normalized spacial score (nSPS) is 9.23. The molecule has 0 unspecified atom stereocenters. The summed E-state index contributed by atoms with van der Waals surface area (Å²) in [4.78, 5) is 20.8. The molecule has 0 saturated carbocycles. The molecule has 3 N–H and O–H groups in total. The van der Waals surface area contributed by atoms with E-state index in [4.69, 9.17) is 5.73 Å². The number of hydrogen-bond acceptors (Lipinski definition) is 2. The van der Waals surface area contributed by atoms with E-state index < -0.39 is 5.91 Å². The molecule has 1 radical (unpaired) electrons. The Morgan fingerprint density at radius 1 is 1.46 bits per heavy atom. The number of hydrogen-bond donors (Lipinski definition) is 2. The summed E-state index contributed by atoms with van der Waals surface area (Å²) in [5.41, 5.74) is 6.24. The summed E-state index contributed by atoms with van der Waals surface area (Å²) in [5, 5.41) is 2.35. The van der Waals surface area contributed by atoms with Crippen molar-refractivity contribution in [3.8, 4) is 0 Å². The minimum atomic E-state index is -0.497. The van der Waals surface area contributed by atoms with Crippen LogP contribution in [0, 0.1) is 0 Å². The lowest BCUT2D eigenvalue weighted by Gasteiger charge is -2.03. The molecule has 0 spiro atoms. The van der Waals surface area contributed by atoms with Crippen molar-refractivity contribution in [1.82, 2.24) is 5.32 Å². The second kappa shape index (κ2) is 4.25. The lowest BCUT2D eigenvalue weighted by Crippen LogP contribution is -2.17. The Hall–Kier alpha value is -1.84. The van der Waals surface area contributed by atoms with E-state index in [1.807, 2.05) is 0 Å². The fraction of sp³-hybridized carbons (Fsp3) is 0.111. The van der Waals surface area contributed by atoms with Crippen molar-refractivity contribution in [2.45, 2.75) is 6.54 Å². The molecule has 0 aliphatic carbocycles. The van der Waals surface area contributed by atoms with Gasteiger partial charge in [-0.1, -0.05) is 18.2 Å². The molecule has 0 aliphatic heterocycles. The van der Waals surface area contributed by atoms with Gasteiger partial charge in [0, 0.05) is 12.1 Å². The van der Waals surface area contributed by atoms with Crippen LogP contribution in [0.15, 0.2) is 24.3 Å². The van der Waals surface area contributed by atoms with Gasteiger partial charge in [0.2, 0.25) is 5.91 Å². The number of amides is 2. The summed E-state index contributed by atoms with van der Waals surface area (Å²) in [5.74, 6) is -0.497. The van der Waals surface area contributed by atoms with Gasteiger partial charge in [-0.15, -0.1) is 0 Å². The molecule has 0 bridgehead atoms. The van der Waals surface area contributed by atoms with Crippen LogP contribution in [0.5, 0.6) is 0 Å². The molecule has 2 amide bonds. The van der Waals surface area contributed by atoms with Crippen molar-refractivity contribution >= 4 is 12.3 Å². The Kier molecular flexibility index (Phi) is 3.03. The van der Waals surface area contributed by atoms with Crippen molar-refractivity contribution in [3.63, 3.8) is 0 Å². The van der Waals surface area contributed by atoms with Crippen molar-refractivity contribution < 1.29 is 9.59 Å². The summed E-state index contributed by atoms with van der Waals surface area (Å²) in [6.45, 7) is 0.266. The molecular formula is C9H9N2O2. The third kappa shape index (κ3) is 2.30. The standard InChI is InChI=1S/C9H9N2O2/c10-9(13)8-4-2-1-3-7(8)5-11-6-12/h1-4H,5H2,(H2,10,13)(H,11,12). The van der Waals surface area contributed by atoms with E-state index in [0.717, 1.165) is 0 Å². The van der Waals surface area contributed by atoms with Crippen LogP contribution in [0.25, 0.3) is 0 Å². The van der Waals surface area contributed by atoms with Gasteiger partial charge >= 0.3 is 6.41 Å². The second-order valence-electron chi connectivity index (χ2n) is 2.48. The largest absolute Gasteiger partial charge is 0.366 e. The van der Waals surface area contributed by atoms with Gasteiger partial charge < -0.3 is 11.1 Å². The summed E-state index contributed by atoms with van der Waals surface area (Å²) < 4.78 is 0. The minimum absolute atomic E-state index is 0.266. The Morgan fingerprint density at radius 3 is 2.77 bits per heavy atom. The van der Waals surface area contributed by atoms with Crippen molar-refractivity contribution in [2.75, 3.05) is 0 Å². The summed E-state index contributed by atoms with van der Waals surface area (Å²) >= 11 is 0. The van der Waals surface area contributed by atoms with E-state index in [-0.39, 0.29) is 6.54 Å². The van der Waals surface area contributed by atoms with Crippen LogP contribution in [0.4, 0.5) is 0 Å². The van der Waals surface area contributed by atoms with Gasteiger partial charge in [-0.25, -0.2) is 0 Å². The van der Waals surface area contributed by atoms with E-state index >= 15 is 0 Å². The monoisotopic (exact) mass is 177 g/mol. The van der Waals surface area contributed by atoms with Crippen LogP contribution >= 0.6 is 0 Å². The maximum atomic E-state index is 10.9. The molecule has 4 heteroatoms. The molecule has 1 aromatic carbocycles. The van der Waals surface area contributed by atoms with Crippen molar-refractivity contribution in [1.29, 1.82) is 0 Å². The molecular weight excluding hydrogens is 168 g/mol. The number of nitrogens with two attached hydrogens (primary N) is 1. The molecule has 4 nitrogen and oxygen atoms in total. The average molecular weight is 177 g/mol. The van der Waals surface area contributed by atoms with Crippen molar-refractivity contribution in [2.24, 2.45) is 5.73 Å². The number of carbonyl (C=O) groups excluding carboxylic acids is 2. The maximum absolute atomic E-state index is 10.9.